The lowest BCUT2D eigenvalue weighted by atomic mass is 9.96. The number of hydrogen-bond donors (Lipinski definition) is 1. The van der Waals surface area contributed by atoms with Gasteiger partial charge in [0.2, 0.25) is 0 Å². The Bertz CT molecular complexity index is 464. The topological polar surface area (TPSA) is 28.2 Å². The van der Waals surface area contributed by atoms with Gasteiger partial charge in [-0.05, 0) is 49.5 Å². The molecule has 2 fully saturated rings. The van der Waals surface area contributed by atoms with Gasteiger partial charge < -0.3 is 10.2 Å². The van der Waals surface area contributed by atoms with Crippen LogP contribution < -0.4 is 5.32 Å². The number of rotatable bonds is 4. The van der Waals surface area contributed by atoms with Gasteiger partial charge in [0.15, 0.2) is 5.11 Å². The van der Waals surface area contributed by atoms with Crippen molar-refractivity contribution in [1.29, 1.82) is 0 Å². The molecular weight excluding hydrogens is 290 g/mol. The molecule has 1 aromatic rings. The zero-order valence-corrected chi connectivity index (χ0v) is 14.2. The number of thiocarbonyl (C=S) groups is 1. The Morgan fingerprint density at radius 2 is 1.86 bits per heavy atom. The van der Waals surface area contributed by atoms with Crippen molar-refractivity contribution in [2.24, 2.45) is 0 Å². The van der Waals surface area contributed by atoms with E-state index in [0.717, 1.165) is 11.7 Å². The standard InChI is InChI=1S/C18H27N3S/c22-18(20-16-8-2-1-3-9-16)21(17-10-4-5-11-17)14-15-7-6-12-19-13-15/h6-7,12-13,16-17H,1-5,8-11,14H2,(H,20,22). The summed E-state index contributed by atoms with van der Waals surface area (Å²) in [5.41, 5.74) is 1.25. The molecule has 0 aromatic carbocycles. The lowest BCUT2D eigenvalue weighted by molar-refractivity contribution is 0.293. The molecule has 0 saturated heterocycles. The zero-order chi connectivity index (χ0) is 15.2. The Kier molecular flexibility index (Phi) is 5.65. The van der Waals surface area contributed by atoms with Crippen molar-refractivity contribution in [2.45, 2.75) is 76.4 Å². The first-order chi connectivity index (χ1) is 10.8. The minimum atomic E-state index is 0.582. The van der Waals surface area contributed by atoms with Crippen LogP contribution in [-0.2, 0) is 6.54 Å². The lowest BCUT2D eigenvalue weighted by Gasteiger charge is -2.34. The summed E-state index contributed by atoms with van der Waals surface area (Å²) in [6.07, 6.45) is 15.6. The normalized spacial score (nSPS) is 20.0. The summed E-state index contributed by atoms with van der Waals surface area (Å²) in [5.74, 6) is 0. The van der Waals surface area contributed by atoms with Crippen molar-refractivity contribution in [1.82, 2.24) is 15.2 Å². The fraction of sp³-hybridized carbons (Fsp3) is 0.667. The van der Waals surface area contributed by atoms with Crippen molar-refractivity contribution in [3.63, 3.8) is 0 Å². The second kappa shape index (κ2) is 7.91. The van der Waals surface area contributed by atoms with Crippen LogP contribution in [0.4, 0.5) is 0 Å². The summed E-state index contributed by atoms with van der Waals surface area (Å²) < 4.78 is 0. The average molecular weight is 318 g/mol. The molecule has 3 nitrogen and oxygen atoms in total. The number of aromatic nitrogens is 1. The third-order valence-corrected chi connectivity index (χ3v) is 5.39. The molecule has 2 aliphatic rings. The van der Waals surface area contributed by atoms with Gasteiger partial charge in [0, 0.05) is 31.0 Å². The van der Waals surface area contributed by atoms with Crippen molar-refractivity contribution in [3.05, 3.63) is 30.1 Å². The first kappa shape index (κ1) is 15.7. The van der Waals surface area contributed by atoms with Crippen molar-refractivity contribution < 1.29 is 0 Å². The van der Waals surface area contributed by atoms with E-state index in [-0.39, 0.29) is 0 Å². The summed E-state index contributed by atoms with van der Waals surface area (Å²) >= 11 is 5.79. The summed E-state index contributed by atoms with van der Waals surface area (Å²) in [7, 11) is 0. The fourth-order valence-electron chi connectivity index (χ4n) is 3.78. The van der Waals surface area contributed by atoms with Crippen molar-refractivity contribution in [2.75, 3.05) is 0 Å². The van der Waals surface area contributed by atoms with E-state index < -0.39 is 0 Å². The molecule has 1 aromatic heterocycles. The van der Waals surface area contributed by atoms with E-state index in [1.165, 1.54) is 63.4 Å². The second-order valence-electron chi connectivity index (χ2n) is 6.71. The van der Waals surface area contributed by atoms with E-state index in [1.54, 1.807) is 0 Å². The molecule has 22 heavy (non-hydrogen) atoms. The van der Waals surface area contributed by atoms with Gasteiger partial charge in [-0.3, -0.25) is 4.98 Å². The van der Waals surface area contributed by atoms with Crippen LogP contribution >= 0.6 is 12.2 Å². The van der Waals surface area contributed by atoms with Crippen LogP contribution in [0.15, 0.2) is 24.5 Å². The van der Waals surface area contributed by atoms with Crippen molar-refractivity contribution in [3.8, 4) is 0 Å². The number of nitrogens with zero attached hydrogens (tertiary/aromatic N) is 2. The monoisotopic (exact) mass is 317 g/mol. The maximum absolute atomic E-state index is 5.79. The molecule has 0 unspecified atom stereocenters. The van der Waals surface area contributed by atoms with Gasteiger partial charge in [0.05, 0.1) is 0 Å². The maximum atomic E-state index is 5.79. The van der Waals surface area contributed by atoms with Gasteiger partial charge in [0.1, 0.15) is 0 Å². The van der Waals surface area contributed by atoms with E-state index >= 15 is 0 Å². The van der Waals surface area contributed by atoms with Crippen molar-refractivity contribution >= 4 is 17.3 Å². The average Bonchev–Trinajstić information content (AvgIpc) is 3.08. The third-order valence-electron chi connectivity index (χ3n) is 5.03. The van der Waals surface area contributed by atoms with Crippen LogP contribution in [0, 0.1) is 0 Å². The Morgan fingerprint density at radius 1 is 1.14 bits per heavy atom. The number of hydrogen-bond acceptors (Lipinski definition) is 2. The SMILES string of the molecule is S=C(NC1CCCCC1)N(Cc1cccnc1)C1CCCC1. The Balaban J connectivity index is 1.65. The molecule has 0 atom stereocenters. The fourth-order valence-corrected chi connectivity index (χ4v) is 4.16. The van der Waals surface area contributed by atoms with Crippen LogP contribution in [-0.4, -0.2) is 27.1 Å². The highest BCUT2D eigenvalue weighted by molar-refractivity contribution is 7.80. The number of nitrogens with one attached hydrogen (secondary N) is 1. The summed E-state index contributed by atoms with van der Waals surface area (Å²) in [5, 5.41) is 4.61. The van der Waals surface area contributed by atoms with E-state index in [2.05, 4.69) is 21.3 Å². The molecule has 3 rings (SSSR count). The van der Waals surface area contributed by atoms with E-state index in [4.69, 9.17) is 12.2 Å². The summed E-state index contributed by atoms with van der Waals surface area (Å²) in [6.45, 7) is 0.886. The molecule has 4 heteroatoms. The molecular formula is C18H27N3S. The Labute approximate surface area is 139 Å². The smallest absolute Gasteiger partial charge is 0.169 e. The molecule has 0 aliphatic heterocycles. The van der Waals surface area contributed by atoms with Crippen LogP contribution in [0.1, 0.15) is 63.4 Å². The molecule has 2 aliphatic carbocycles. The molecule has 0 amide bonds. The van der Waals surface area contributed by atoms with Gasteiger partial charge >= 0.3 is 0 Å². The van der Waals surface area contributed by atoms with Gasteiger partial charge in [-0.25, -0.2) is 0 Å². The Morgan fingerprint density at radius 3 is 2.55 bits per heavy atom. The van der Waals surface area contributed by atoms with Gasteiger partial charge in [-0.15, -0.1) is 0 Å². The predicted molar refractivity (Wildman–Crippen MR) is 94.6 cm³/mol. The molecule has 120 valence electrons. The number of pyridine rings is 1. The molecule has 1 N–H and O–H groups in total. The van der Waals surface area contributed by atoms with Gasteiger partial charge in [0.25, 0.3) is 0 Å². The highest BCUT2D eigenvalue weighted by Gasteiger charge is 2.26. The molecule has 0 radical (unpaired) electrons. The predicted octanol–water partition coefficient (Wildman–Crippen LogP) is 4.03. The minimum absolute atomic E-state index is 0.582. The lowest BCUT2D eigenvalue weighted by Crippen LogP contribution is -2.48. The maximum Gasteiger partial charge on any atom is 0.169 e. The molecule has 0 bridgehead atoms. The van der Waals surface area contributed by atoms with Gasteiger partial charge in [-0.1, -0.05) is 38.2 Å². The summed E-state index contributed by atoms with van der Waals surface area (Å²) in [4.78, 5) is 6.67. The van der Waals surface area contributed by atoms with Crippen LogP contribution in [0.25, 0.3) is 0 Å². The minimum Gasteiger partial charge on any atom is -0.360 e. The van der Waals surface area contributed by atoms with Gasteiger partial charge in [-0.2, -0.15) is 0 Å². The highest BCUT2D eigenvalue weighted by atomic mass is 32.1. The second-order valence-corrected chi connectivity index (χ2v) is 7.10. The summed E-state index contributed by atoms with van der Waals surface area (Å²) in [6, 6.07) is 5.35. The van der Waals surface area contributed by atoms with Crippen LogP contribution in [0.5, 0.6) is 0 Å². The van der Waals surface area contributed by atoms with Crippen LogP contribution in [0.3, 0.4) is 0 Å². The van der Waals surface area contributed by atoms with Crippen LogP contribution in [0.2, 0.25) is 0 Å². The highest BCUT2D eigenvalue weighted by Crippen LogP contribution is 2.26. The molecule has 0 spiro atoms. The quantitative estimate of drug-likeness (QED) is 0.849. The van der Waals surface area contributed by atoms with E-state index in [0.29, 0.717) is 12.1 Å². The third kappa shape index (κ3) is 4.19. The first-order valence-electron chi connectivity index (χ1n) is 8.79. The largest absolute Gasteiger partial charge is 0.360 e. The molecule has 1 heterocycles. The Hall–Kier alpha value is -1.16. The first-order valence-corrected chi connectivity index (χ1v) is 9.20. The van der Waals surface area contributed by atoms with E-state index in [1.807, 2.05) is 18.5 Å². The molecule has 2 saturated carbocycles. The zero-order valence-electron chi connectivity index (χ0n) is 13.3. The van der Waals surface area contributed by atoms with E-state index in [9.17, 15) is 0 Å².